The van der Waals surface area contributed by atoms with Crippen LogP contribution in [0.3, 0.4) is 0 Å². The number of benzene rings is 1. The first-order valence-electron chi connectivity index (χ1n) is 4.18. The third-order valence-corrected chi connectivity index (χ3v) is 1.89. The first-order chi connectivity index (χ1) is 7.10. The molecule has 1 rings (SSSR count). The smallest absolute Gasteiger partial charge is 0.135 e. The second-order valence-electron chi connectivity index (χ2n) is 2.88. The molecule has 80 valence electrons. The van der Waals surface area contributed by atoms with Gasteiger partial charge in [0.1, 0.15) is 17.4 Å². The molecule has 15 heavy (non-hydrogen) atoms. The van der Waals surface area contributed by atoms with Gasteiger partial charge in [0.15, 0.2) is 0 Å². The number of ether oxygens (including phenoxy) is 1. The molecule has 0 aromatic heterocycles. The van der Waals surface area contributed by atoms with E-state index >= 15 is 0 Å². The lowest BCUT2D eigenvalue weighted by Crippen LogP contribution is -2.04. The van der Waals surface area contributed by atoms with Crippen molar-refractivity contribution in [1.29, 1.82) is 5.26 Å². The van der Waals surface area contributed by atoms with Gasteiger partial charge in [0.2, 0.25) is 0 Å². The normalized spacial score (nSPS) is 11.9. The number of nitrogens with zero attached hydrogens (tertiary/aromatic N) is 1. The zero-order valence-electron chi connectivity index (χ0n) is 8.00. The van der Waals surface area contributed by atoms with E-state index in [1.54, 1.807) is 6.07 Å². The molecule has 1 aromatic carbocycles. The average Bonchev–Trinajstić information content (AvgIpc) is 2.16. The fourth-order valence-corrected chi connectivity index (χ4v) is 1.24. The second-order valence-corrected chi connectivity index (χ2v) is 2.88. The van der Waals surface area contributed by atoms with Crippen LogP contribution in [0.5, 0.6) is 5.75 Å². The summed E-state index contributed by atoms with van der Waals surface area (Å²) in [4.78, 5) is 0. The van der Waals surface area contributed by atoms with E-state index in [4.69, 9.17) is 10.00 Å². The highest BCUT2D eigenvalue weighted by Gasteiger charge is 2.19. The molecule has 0 spiro atoms. The van der Waals surface area contributed by atoms with Crippen molar-refractivity contribution in [3.8, 4) is 11.8 Å². The molecular weight excluding hydrogens is 204 g/mol. The summed E-state index contributed by atoms with van der Waals surface area (Å²) < 4.78 is 30.8. The van der Waals surface area contributed by atoms with E-state index < -0.39 is 17.7 Å². The van der Waals surface area contributed by atoms with Crippen LogP contribution in [0, 0.1) is 23.0 Å². The fraction of sp³-hybridized carbons (Fsp3) is 0.300. The Kier molecular flexibility index (Phi) is 3.58. The van der Waals surface area contributed by atoms with Gasteiger partial charge in [-0.1, -0.05) is 0 Å². The van der Waals surface area contributed by atoms with Crippen molar-refractivity contribution in [3.05, 3.63) is 29.3 Å². The summed E-state index contributed by atoms with van der Waals surface area (Å²) >= 11 is 0. The van der Waals surface area contributed by atoms with Crippen molar-refractivity contribution < 1.29 is 18.6 Å². The number of aliphatic hydroxyl groups is 1. The largest absolute Gasteiger partial charge is 0.496 e. The number of hydrogen-bond acceptors (Lipinski definition) is 3. The highest BCUT2D eigenvalue weighted by molar-refractivity contribution is 5.37. The van der Waals surface area contributed by atoms with E-state index in [1.807, 2.05) is 0 Å². The molecule has 5 heteroatoms. The molecule has 0 aliphatic heterocycles. The molecule has 1 N–H and O–H groups in total. The van der Waals surface area contributed by atoms with Crippen molar-refractivity contribution in [2.75, 3.05) is 7.11 Å². The third kappa shape index (κ3) is 2.42. The predicted octanol–water partition coefficient (Wildman–Crippen LogP) is 1.92. The average molecular weight is 213 g/mol. The van der Waals surface area contributed by atoms with Crippen LogP contribution >= 0.6 is 0 Å². The van der Waals surface area contributed by atoms with Crippen LogP contribution in [0.1, 0.15) is 18.1 Å². The summed E-state index contributed by atoms with van der Waals surface area (Å²) in [6.07, 6.45) is -1.59. The SMILES string of the molecule is COc1cc(F)cc(F)c1C(O)CC#N. The summed E-state index contributed by atoms with van der Waals surface area (Å²) in [5.74, 6) is -1.82. The van der Waals surface area contributed by atoms with E-state index in [0.29, 0.717) is 6.07 Å². The minimum absolute atomic E-state index is 0.102. The van der Waals surface area contributed by atoms with Gasteiger partial charge in [0, 0.05) is 12.1 Å². The third-order valence-electron chi connectivity index (χ3n) is 1.89. The maximum absolute atomic E-state index is 13.3. The van der Waals surface area contributed by atoms with Crippen molar-refractivity contribution in [2.45, 2.75) is 12.5 Å². The van der Waals surface area contributed by atoms with E-state index in [0.717, 1.165) is 6.07 Å². The maximum atomic E-state index is 13.3. The van der Waals surface area contributed by atoms with Crippen molar-refractivity contribution in [2.24, 2.45) is 0 Å². The van der Waals surface area contributed by atoms with E-state index in [2.05, 4.69) is 0 Å². The van der Waals surface area contributed by atoms with Gasteiger partial charge < -0.3 is 9.84 Å². The second kappa shape index (κ2) is 4.71. The molecule has 1 atom stereocenters. The maximum Gasteiger partial charge on any atom is 0.135 e. The lowest BCUT2D eigenvalue weighted by atomic mass is 10.1. The molecule has 0 saturated carbocycles. The van der Waals surface area contributed by atoms with E-state index in [9.17, 15) is 13.9 Å². The molecule has 1 aromatic rings. The lowest BCUT2D eigenvalue weighted by Gasteiger charge is -2.13. The molecule has 0 heterocycles. The Morgan fingerprint density at radius 1 is 1.53 bits per heavy atom. The minimum atomic E-state index is -1.31. The summed E-state index contributed by atoms with van der Waals surface area (Å²) in [6, 6.07) is 3.29. The van der Waals surface area contributed by atoms with Gasteiger partial charge in [-0.05, 0) is 0 Å². The van der Waals surface area contributed by atoms with Crippen LogP contribution in [-0.4, -0.2) is 12.2 Å². The van der Waals surface area contributed by atoms with Gasteiger partial charge >= 0.3 is 0 Å². The summed E-state index contributed by atoms with van der Waals surface area (Å²) in [7, 11) is 1.23. The van der Waals surface area contributed by atoms with Crippen molar-refractivity contribution >= 4 is 0 Å². The van der Waals surface area contributed by atoms with Gasteiger partial charge in [-0.2, -0.15) is 5.26 Å². The number of halogens is 2. The molecule has 0 fully saturated rings. The fourth-order valence-electron chi connectivity index (χ4n) is 1.24. The number of nitriles is 1. The van der Waals surface area contributed by atoms with E-state index in [1.165, 1.54) is 7.11 Å². The highest BCUT2D eigenvalue weighted by atomic mass is 19.1. The highest BCUT2D eigenvalue weighted by Crippen LogP contribution is 2.30. The predicted molar refractivity (Wildman–Crippen MR) is 48.1 cm³/mol. The molecule has 0 amide bonds. The van der Waals surface area contributed by atoms with Gasteiger partial charge in [0.05, 0.1) is 31.3 Å². The molecular formula is C10H9F2NO2. The first kappa shape index (κ1) is 11.4. The van der Waals surface area contributed by atoms with Crippen LogP contribution in [-0.2, 0) is 0 Å². The van der Waals surface area contributed by atoms with Crippen LogP contribution in [0.4, 0.5) is 8.78 Å². The Bertz CT molecular complexity index is 401. The Morgan fingerprint density at radius 3 is 2.73 bits per heavy atom. The van der Waals surface area contributed by atoms with E-state index in [-0.39, 0.29) is 17.7 Å². The minimum Gasteiger partial charge on any atom is -0.496 e. The number of hydrogen-bond donors (Lipinski definition) is 1. The van der Waals surface area contributed by atoms with Crippen LogP contribution in [0.2, 0.25) is 0 Å². The monoisotopic (exact) mass is 213 g/mol. The van der Waals surface area contributed by atoms with Crippen molar-refractivity contribution in [1.82, 2.24) is 0 Å². The summed E-state index contributed by atoms with van der Waals surface area (Å²) in [5, 5.41) is 17.8. The zero-order valence-corrected chi connectivity index (χ0v) is 8.00. The Hall–Kier alpha value is -1.67. The molecule has 0 aliphatic carbocycles. The summed E-state index contributed by atoms with van der Waals surface area (Å²) in [5.41, 5.74) is -0.194. The molecule has 0 saturated heterocycles. The van der Waals surface area contributed by atoms with Gasteiger partial charge in [-0.25, -0.2) is 8.78 Å². The first-order valence-corrected chi connectivity index (χ1v) is 4.18. The quantitative estimate of drug-likeness (QED) is 0.834. The van der Waals surface area contributed by atoms with Crippen LogP contribution < -0.4 is 4.74 Å². The van der Waals surface area contributed by atoms with Crippen LogP contribution in [0.25, 0.3) is 0 Å². The molecule has 0 aliphatic rings. The molecule has 0 radical (unpaired) electrons. The zero-order chi connectivity index (χ0) is 11.4. The Balaban J connectivity index is 3.21. The number of aliphatic hydroxyl groups excluding tert-OH is 1. The topological polar surface area (TPSA) is 53.2 Å². The molecule has 3 nitrogen and oxygen atoms in total. The number of methoxy groups -OCH3 is 1. The van der Waals surface area contributed by atoms with Gasteiger partial charge in [-0.3, -0.25) is 0 Å². The van der Waals surface area contributed by atoms with Gasteiger partial charge in [-0.15, -0.1) is 0 Å². The molecule has 0 bridgehead atoms. The Morgan fingerprint density at radius 2 is 2.20 bits per heavy atom. The van der Waals surface area contributed by atoms with Gasteiger partial charge in [0.25, 0.3) is 0 Å². The summed E-state index contributed by atoms with van der Waals surface area (Å²) in [6.45, 7) is 0. The Labute approximate surface area is 85.5 Å². The lowest BCUT2D eigenvalue weighted by molar-refractivity contribution is 0.173. The van der Waals surface area contributed by atoms with Crippen LogP contribution in [0.15, 0.2) is 12.1 Å². The van der Waals surface area contributed by atoms with Crippen molar-refractivity contribution in [3.63, 3.8) is 0 Å². The number of rotatable bonds is 3. The molecule has 1 unspecified atom stereocenters. The standard InChI is InChI=1S/C10H9F2NO2/c1-15-9-5-6(11)4-7(12)10(9)8(14)2-3-13/h4-5,8,14H,2H2,1H3.